The number of nitrogens with zero attached hydrogens (tertiary/aromatic N) is 2. The van der Waals surface area contributed by atoms with Crippen LogP contribution in [-0.4, -0.2) is 40.6 Å². The number of sulfonamides is 1. The van der Waals surface area contributed by atoms with E-state index in [2.05, 4.69) is 17.1 Å². The molecule has 19 heavy (non-hydrogen) atoms. The van der Waals surface area contributed by atoms with E-state index in [1.54, 1.807) is 6.92 Å². The first-order valence-electron chi connectivity index (χ1n) is 6.54. The second-order valence-electron chi connectivity index (χ2n) is 5.38. The van der Waals surface area contributed by atoms with Gasteiger partial charge in [0.2, 0.25) is 10.0 Å². The van der Waals surface area contributed by atoms with Crippen LogP contribution < -0.4 is 0 Å². The summed E-state index contributed by atoms with van der Waals surface area (Å²) in [5.74, 6) is 0.546. The molecule has 0 amide bonds. The average Bonchev–Trinajstić information content (AvgIpc) is 2.70. The molecule has 0 bridgehead atoms. The van der Waals surface area contributed by atoms with Gasteiger partial charge in [-0.2, -0.15) is 9.40 Å². The van der Waals surface area contributed by atoms with Crippen LogP contribution in [0, 0.1) is 12.8 Å². The SMILES string of the molecule is Cc1[nH]nc(CO)c1S(=O)(=O)N1CCC(C)CC1C. The summed E-state index contributed by atoms with van der Waals surface area (Å²) in [6, 6.07) is -0.0189. The highest BCUT2D eigenvalue weighted by atomic mass is 32.2. The molecule has 1 aromatic heterocycles. The summed E-state index contributed by atoms with van der Waals surface area (Å²) in [6.45, 7) is 5.89. The van der Waals surface area contributed by atoms with Crippen molar-refractivity contribution in [3.8, 4) is 0 Å². The number of H-pyrrole nitrogens is 1. The molecule has 2 rings (SSSR count). The van der Waals surface area contributed by atoms with E-state index < -0.39 is 10.0 Å². The zero-order chi connectivity index (χ0) is 14.2. The Labute approximate surface area is 113 Å². The van der Waals surface area contributed by atoms with E-state index >= 15 is 0 Å². The zero-order valence-electron chi connectivity index (χ0n) is 11.5. The predicted molar refractivity (Wildman–Crippen MR) is 71.0 cm³/mol. The van der Waals surface area contributed by atoms with Crippen molar-refractivity contribution in [1.82, 2.24) is 14.5 Å². The van der Waals surface area contributed by atoms with Gasteiger partial charge in [0.1, 0.15) is 10.6 Å². The standard InChI is InChI=1S/C12H21N3O3S/c1-8-4-5-15(9(2)6-8)19(17,18)12-10(3)13-14-11(12)7-16/h8-9,16H,4-7H2,1-3H3,(H,13,14). The Morgan fingerprint density at radius 3 is 2.74 bits per heavy atom. The summed E-state index contributed by atoms with van der Waals surface area (Å²) in [4.78, 5) is 0.136. The molecule has 2 N–H and O–H groups in total. The van der Waals surface area contributed by atoms with Crippen molar-refractivity contribution >= 4 is 10.0 Å². The lowest BCUT2D eigenvalue weighted by molar-refractivity contribution is 0.219. The summed E-state index contributed by atoms with van der Waals surface area (Å²) in [5, 5.41) is 15.7. The van der Waals surface area contributed by atoms with Crippen molar-refractivity contribution in [2.45, 2.75) is 51.2 Å². The highest BCUT2D eigenvalue weighted by molar-refractivity contribution is 7.89. The molecule has 1 aliphatic heterocycles. The highest BCUT2D eigenvalue weighted by Crippen LogP contribution is 2.30. The van der Waals surface area contributed by atoms with E-state index in [1.165, 1.54) is 4.31 Å². The normalized spacial score (nSPS) is 25.7. The number of aliphatic hydroxyl groups is 1. The predicted octanol–water partition coefficient (Wildman–Crippen LogP) is 1.02. The molecular weight excluding hydrogens is 266 g/mol. The lowest BCUT2D eigenvalue weighted by atomic mass is 9.95. The van der Waals surface area contributed by atoms with Crippen molar-refractivity contribution in [2.75, 3.05) is 6.54 Å². The number of aromatic amines is 1. The molecule has 2 unspecified atom stereocenters. The minimum atomic E-state index is -3.59. The molecule has 0 spiro atoms. The molecule has 2 heterocycles. The smallest absolute Gasteiger partial charge is 0.247 e. The third-order valence-electron chi connectivity index (χ3n) is 3.76. The second-order valence-corrected chi connectivity index (χ2v) is 7.20. The first-order valence-corrected chi connectivity index (χ1v) is 7.98. The molecule has 6 nitrogen and oxygen atoms in total. The van der Waals surface area contributed by atoms with Crippen LogP contribution in [0.15, 0.2) is 4.90 Å². The van der Waals surface area contributed by atoms with Crippen LogP contribution in [0.3, 0.4) is 0 Å². The van der Waals surface area contributed by atoms with Crippen LogP contribution >= 0.6 is 0 Å². The van der Waals surface area contributed by atoms with Gasteiger partial charge in [0.25, 0.3) is 0 Å². The van der Waals surface area contributed by atoms with Gasteiger partial charge in [0.05, 0.1) is 12.3 Å². The molecule has 1 saturated heterocycles. The van der Waals surface area contributed by atoms with E-state index in [9.17, 15) is 13.5 Å². The topological polar surface area (TPSA) is 86.3 Å². The van der Waals surface area contributed by atoms with Gasteiger partial charge in [-0.1, -0.05) is 6.92 Å². The Balaban J connectivity index is 2.39. The molecule has 1 aromatic rings. The van der Waals surface area contributed by atoms with Gasteiger partial charge in [0.15, 0.2) is 0 Å². The van der Waals surface area contributed by atoms with Gasteiger partial charge in [-0.3, -0.25) is 5.10 Å². The van der Waals surface area contributed by atoms with Crippen molar-refractivity contribution in [1.29, 1.82) is 0 Å². The van der Waals surface area contributed by atoms with Crippen molar-refractivity contribution in [3.63, 3.8) is 0 Å². The molecular formula is C12H21N3O3S. The number of hydrogen-bond donors (Lipinski definition) is 2. The van der Waals surface area contributed by atoms with Gasteiger partial charge >= 0.3 is 0 Å². The number of piperidine rings is 1. The van der Waals surface area contributed by atoms with Crippen molar-refractivity contribution < 1.29 is 13.5 Å². The van der Waals surface area contributed by atoms with Crippen molar-refractivity contribution in [3.05, 3.63) is 11.4 Å². The van der Waals surface area contributed by atoms with Crippen LogP contribution in [0.1, 0.15) is 38.1 Å². The lowest BCUT2D eigenvalue weighted by Gasteiger charge is -2.35. The molecule has 0 radical (unpaired) electrons. The highest BCUT2D eigenvalue weighted by Gasteiger charge is 2.36. The molecule has 1 aliphatic rings. The van der Waals surface area contributed by atoms with E-state index in [0.717, 1.165) is 12.8 Å². The molecule has 0 aromatic carbocycles. The zero-order valence-corrected chi connectivity index (χ0v) is 12.4. The third-order valence-corrected chi connectivity index (χ3v) is 5.97. The number of aryl methyl sites for hydroxylation is 1. The molecule has 2 atom stereocenters. The van der Waals surface area contributed by atoms with E-state index in [1.807, 2.05) is 6.92 Å². The number of nitrogens with one attached hydrogen (secondary N) is 1. The summed E-state index contributed by atoms with van der Waals surface area (Å²) in [5.41, 5.74) is 0.679. The fourth-order valence-electron chi connectivity index (χ4n) is 2.78. The minimum absolute atomic E-state index is 0.0189. The Hall–Kier alpha value is -0.920. The Bertz CT molecular complexity index is 553. The Morgan fingerprint density at radius 1 is 1.47 bits per heavy atom. The fourth-order valence-corrected chi connectivity index (χ4v) is 4.76. The molecule has 0 aliphatic carbocycles. The Morgan fingerprint density at radius 2 is 2.16 bits per heavy atom. The van der Waals surface area contributed by atoms with Crippen LogP contribution in [0.2, 0.25) is 0 Å². The Kier molecular flexibility index (Phi) is 3.98. The van der Waals surface area contributed by atoms with Crippen molar-refractivity contribution in [2.24, 2.45) is 5.92 Å². The molecule has 0 saturated carbocycles. The number of aliphatic hydroxyl groups excluding tert-OH is 1. The second kappa shape index (κ2) is 5.22. The van der Waals surface area contributed by atoms with Crippen LogP contribution in [0.25, 0.3) is 0 Å². The average molecular weight is 287 g/mol. The maximum absolute atomic E-state index is 12.7. The summed E-state index contributed by atoms with van der Waals surface area (Å²) >= 11 is 0. The van der Waals surface area contributed by atoms with Crippen LogP contribution in [0.5, 0.6) is 0 Å². The number of aromatic nitrogens is 2. The number of rotatable bonds is 3. The maximum atomic E-state index is 12.7. The summed E-state index contributed by atoms with van der Waals surface area (Å²) in [7, 11) is -3.59. The summed E-state index contributed by atoms with van der Waals surface area (Å²) < 4.78 is 27.0. The van der Waals surface area contributed by atoms with Gasteiger partial charge in [-0.25, -0.2) is 8.42 Å². The first-order chi connectivity index (χ1) is 8.87. The number of hydrogen-bond acceptors (Lipinski definition) is 4. The quantitative estimate of drug-likeness (QED) is 0.869. The van der Waals surface area contributed by atoms with E-state index in [-0.39, 0.29) is 23.2 Å². The minimum Gasteiger partial charge on any atom is -0.390 e. The van der Waals surface area contributed by atoms with Gasteiger partial charge in [0, 0.05) is 12.6 Å². The van der Waals surface area contributed by atoms with Gasteiger partial charge in [-0.15, -0.1) is 0 Å². The van der Waals surface area contributed by atoms with E-state index in [4.69, 9.17) is 0 Å². The van der Waals surface area contributed by atoms with Gasteiger partial charge in [-0.05, 0) is 32.6 Å². The lowest BCUT2D eigenvalue weighted by Crippen LogP contribution is -2.44. The van der Waals surface area contributed by atoms with Crippen LogP contribution in [-0.2, 0) is 16.6 Å². The maximum Gasteiger partial charge on any atom is 0.247 e. The van der Waals surface area contributed by atoms with Crippen LogP contribution in [0.4, 0.5) is 0 Å². The van der Waals surface area contributed by atoms with E-state index in [0.29, 0.717) is 18.2 Å². The summed E-state index contributed by atoms with van der Waals surface area (Å²) in [6.07, 6.45) is 1.74. The van der Waals surface area contributed by atoms with Gasteiger partial charge < -0.3 is 5.11 Å². The monoisotopic (exact) mass is 287 g/mol. The molecule has 7 heteroatoms. The largest absolute Gasteiger partial charge is 0.390 e. The fraction of sp³-hybridized carbons (Fsp3) is 0.750. The molecule has 108 valence electrons. The molecule has 1 fully saturated rings. The third kappa shape index (κ3) is 2.54. The first kappa shape index (κ1) is 14.5.